The van der Waals surface area contributed by atoms with Gasteiger partial charge in [-0.2, -0.15) is 0 Å². The molecule has 5 rings (SSSR count). The van der Waals surface area contributed by atoms with Gasteiger partial charge in [-0.3, -0.25) is 0 Å². The number of carbonyl (C=O) groups is 1. The second kappa shape index (κ2) is 6.69. The quantitative estimate of drug-likeness (QED) is 0.599. The van der Waals surface area contributed by atoms with E-state index >= 15 is 0 Å². The van der Waals surface area contributed by atoms with Gasteiger partial charge in [-0.1, -0.05) is 18.9 Å². The summed E-state index contributed by atoms with van der Waals surface area (Å²) in [6.07, 6.45) is 8.51. The highest BCUT2D eigenvalue weighted by Crippen LogP contribution is 2.54. The average molecular weight is 371 g/mol. The van der Waals surface area contributed by atoms with Crippen molar-refractivity contribution in [3.8, 4) is 5.75 Å². The summed E-state index contributed by atoms with van der Waals surface area (Å²) in [5.41, 5.74) is 3.18. The first-order valence-electron chi connectivity index (χ1n) is 10.6. The summed E-state index contributed by atoms with van der Waals surface area (Å²) in [7, 11) is 0. The van der Waals surface area contributed by atoms with E-state index in [1.54, 1.807) is 0 Å². The molecule has 4 atom stereocenters. The second-order valence-electron chi connectivity index (χ2n) is 8.95. The summed E-state index contributed by atoms with van der Waals surface area (Å²) in [4.78, 5) is 11.1. The smallest absolute Gasteiger partial charge is 0.455 e. The Balaban J connectivity index is 1.44. The van der Waals surface area contributed by atoms with Crippen molar-refractivity contribution in [1.82, 2.24) is 5.32 Å². The van der Waals surface area contributed by atoms with Gasteiger partial charge >= 0.3 is 6.16 Å². The van der Waals surface area contributed by atoms with Crippen LogP contribution in [0.2, 0.25) is 0 Å². The maximum absolute atomic E-state index is 11.1. The molecule has 1 aliphatic heterocycles. The molecule has 3 fully saturated rings. The normalized spacial score (nSPS) is 32.7. The van der Waals surface area contributed by atoms with E-state index < -0.39 is 12.4 Å². The molecule has 0 spiro atoms. The highest BCUT2D eigenvalue weighted by Gasteiger charge is 2.51. The van der Waals surface area contributed by atoms with Gasteiger partial charge in [0.05, 0.1) is 0 Å². The molecule has 2 saturated carbocycles. The van der Waals surface area contributed by atoms with Gasteiger partial charge in [0, 0.05) is 17.9 Å². The molecular weight excluding hydrogens is 342 g/mol. The monoisotopic (exact) mass is 371 g/mol. The van der Waals surface area contributed by atoms with Crippen molar-refractivity contribution in [3.63, 3.8) is 0 Å². The van der Waals surface area contributed by atoms with E-state index in [9.17, 15) is 4.79 Å². The van der Waals surface area contributed by atoms with E-state index in [2.05, 4.69) is 17.4 Å². The number of benzene rings is 1. The molecule has 1 aromatic rings. The minimum Gasteiger partial charge on any atom is -0.455 e. The lowest BCUT2D eigenvalue weighted by Gasteiger charge is -2.56. The molecule has 0 aromatic heterocycles. The number of carboxylic acid groups (broad SMARTS) is 1. The van der Waals surface area contributed by atoms with Crippen LogP contribution in [0, 0.1) is 11.8 Å². The van der Waals surface area contributed by atoms with Gasteiger partial charge in [0.15, 0.2) is 0 Å². The van der Waals surface area contributed by atoms with Crippen LogP contribution >= 0.6 is 0 Å². The lowest BCUT2D eigenvalue weighted by atomic mass is 9.53. The first kappa shape index (κ1) is 17.4. The third-order valence-corrected chi connectivity index (χ3v) is 7.34. The number of hydrogen-bond acceptors (Lipinski definition) is 4. The molecule has 1 aromatic carbocycles. The third kappa shape index (κ3) is 3.20. The van der Waals surface area contributed by atoms with E-state index in [1.807, 2.05) is 6.07 Å². The Bertz CT molecular complexity index is 727. The Morgan fingerprint density at radius 1 is 1.26 bits per heavy atom. The summed E-state index contributed by atoms with van der Waals surface area (Å²) >= 11 is 0. The molecule has 2 bridgehead atoms. The minimum atomic E-state index is -1.26. The number of nitrogens with one attached hydrogen (secondary N) is 1. The largest absolute Gasteiger partial charge is 0.508 e. The highest BCUT2D eigenvalue weighted by molar-refractivity contribution is 5.57. The van der Waals surface area contributed by atoms with E-state index in [0.717, 1.165) is 37.5 Å². The zero-order valence-corrected chi connectivity index (χ0v) is 15.8. The first-order chi connectivity index (χ1) is 13.1. The van der Waals surface area contributed by atoms with E-state index in [0.29, 0.717) is 18.4 Å². The Morgan fingerprint density at radius 3 is 2.96 bits per heavy atom. The molecule has 5 heteroatoms. The molecule has 1 heterocycles. The fourth-order valence-electron chi connectivity index (χ4n) is 5.99. The average Bonchev–Trinajstić information content (AvgIpc) is 3.46. The fourth-order valence-corrected chi connectivity index (χ4v) is 5.99. The number of ether oxygens (including phenoxy) is 2. The van der Waals surface area contributed by atoms with Crippen molar-refractivity contribution in [2.75, 3.05) is 6.54 Å². The summed E-state index contributed by atoms with van der Waals surface area (Å²) in [6, 6.07) is 7.02. The summed E-state index contributed by atoms with van der Waals surface area (Å²) in [6.45, 7) is 1.10. The van der Waals surface area contributed by atoms with Crippen LogP contribution in [0.5, 0.6) is 5.75 Å². The van der Waals surface area contributed by atoms with Gasteiger partial charge in [0.2, 0.25) is 6.29 Å². The van der Waals surface area contributed by atoms with Crippen LogP contribution in [0.4, 0.5) is 4.79 Å². The van der Waals surface area contributed by atoms with Crippen molar-refractivity contribution >= 4 is 6.16 Å². The topological polar surface area (TPSA) is 67.8 Å². The van der Waals surface area contributed by atoms with E-state index in [4.69, 9.17) is 14.6 Å². The number of fused-ring (bicyclic) bond motifs is 1. The molecule has 1 unspecified atom stereocenters. The van der Waals surface area contributed by atoms with Crippen molar-refractivity contribution in [3.05, 3.63) is 29.3 Å². The molecule has 4 aliphatic rings. The van der Waals surface area contributed by atoms with Crippen molar-refractivity contribution < 1.29 is 19.4 Å². The van der Waals surface area contributed by atoms with Crippen LogP contribution < -0.4 is 10.1 Å². The van der Waals surface area contributed by atoms with Crippen LogP contribution in [-0.4, -0.2) is 30.1 Å². The van der Waals surface area contributed by atoms with E-state index in [1.165, 1.54) is 43.2 Å². The molecular formula is C22H29NO4. The Kier molecular flexibility index (Phi) is 4.30. The summed E-state index contributed by atoms with van der Waals surface area (Å²) in [5.74, 6) is 2.02. The molecule has 27 heavy (non-hydrogen) atoms. The first-order valence-corrected chi connectivity index (χ1v) is 10.6. The maximum atomic E-state index is 11.1. The standard InChI is InChI=1S/C22H29NO4/c24-21(25)27-20(11-14-4-5-14)26-16-7-6-15-12-19-17-3-1-2-8-22(17,9-10-23-19)18(15)13-16/h6-7,13-14,17,19-20,23H,1-5,8-12H2,(H,24,25)/t17-,19+,20?,22+/m0/s1. The second-order valence-corrected chi connectivity index (χ2v) is 8.95. The molecule has 0 amide bonds. The fraction of sp³-hybridized carbons (Fsp3) is 0.682. The zero-order chi connectivity index (χ0) is 18.4. The van der Waals surface area contributed by atoms with Gasteiger partial charge in [0.1, 0.15) is 5.75 Å². The van der Waals surface area contributed by atoms with Gasteiger partial charge in [-0.25, -0.2) is 4.79 Å². The van der Waals surface area contributed by atoms with Gasteiger partial charge in [-0.15, -0.1) is 0 Å². The predicted molar refractivity (Wildman–Crippen MR) is 101 cm³/mol. The number of piperidine rings is 1. The number of rotatable bonds is 5. The molecule has 2 N–H and O–H groups in total. The van der Waals surface area contributed by atoms with Gasteiger partial charge in [0.25, 0.3) is 0 Å². The summed E-state index contributed by atoms with van der Waals surface area (Å²) in [5, 5.41) is 12.8. The highest BCUT2D eigenvalue weighted by atomic mass is 16.8. The van der Waals surface area contributed by atoms with Crippen LogP contribution in [0.3, 0.4) is 0 Å². The van der Waals surface area contributed by atoms with Gasteiger partial charge < -0.3 is 19.9 Å². The minimum absolute atomic E-state index is 0.279. The number of hydrogen-bond donors (Lipinski definition) is 2. The van der Waals surface area contributed by atoms with Crippen LogP contribution in [-0.2, 0) is 16.6 Å². The van der Waals surface area contributed by atoms with Crippen molar-refractivity contribution in [2.45, 2.75) is 75.5 Å². The Morgan fingerprint density at radius 2 is 2.15 bits per heavy atom. The third-order valence-electron chi connectivity index (χ3n) is 7.34. The summed E-state index contributed by atoms with van der Waals surface area (Å²) < 4.78 is 11.1. The Labute approximate surface area is 160 Å². The van der Waals surface area contributed by atoms with Crippen LogP contribution in [0.1, 0.15) is 62.5 Å². The molecule has 1 saturated heterocycles. The van der Waals surface area contributed by atoms with Crippen LogP contribution in [0.25, 0.3) is 0 Å². The van der Waals surface area contributed by atoms with Crippen LogP contribution in [0.15, 0.2) is 18.2 Å². The Hall–Kier alpha value is -1.75. The molecule has 146 valence electrons. The van der Waals surface area contributed by atoms with Crippen molar-refractivity contribution in [2.24, 2.45) is 11.8 Å². The molecule has 5 nitrogen and oxygen atoms in total. The van der Waals surface area contributed by atoms with Crippen molar-refractivity contribution in [1.29, 1.82) is 0 Å². The SMILES string of the molecule is O=C(O)OC(CC1CC1)Oc1ccc2c(c1)[C@@]13CCCC[C@H]1[C@@H](C2)NCC3. The maximum Gasteiger partial charge on any atom is 0.508 e. The lowest BCUT2D eigenvalue weighted by Crippen LogP contribution is -2.59. The predicted octanol–water partition coefficient (Wildman–Crippen LogP) is 4.23. The van der Waals surface area contributed by atoms with Gasteiger partial charge in [-0.05, 0) is 80.2 Å². The van der Waals surface area contributed by atoms with E-state index in [-0.39, 0.29) is 5.41 Å². The molecule has 0 radical (unpaired) electrons. The zero-order valence-electron chi connectivity index (χ0n) is 15.8. The molecule has 3 aliphatic carbocycles. The lowest BCUT2D eigenvalue weighted by molar-refractivity contribution is -0.0602.